The minimum atomic E-state index is -0.00492. The molecule has 4 rings (SSSR count). The molecular formula is C26H28N6O. The van der Waals surface area contributed by atoms with Gasteiger partial charge in [-0.05, 0) is 72.7 Å². The van der Waals surface area contributed by atoms with E-state index in [2.05, 4.69) is 62.6 Å². The lowest BCUT2D eigenvalue weighted by molar-refractivity contribution is -0.123. The number of nitrogens with one attached hydrogen (secondary N) is 2. The van der Waals surface area contributed by atoms with Crippen molar-refractivity contribution in [2.24, 2.45) is 4.99 Å². The number of carbonyl (C=O) groups excluding carboxylic acids is 1. The maximum atomic E-state index is 11.7. The highest BCUT2D eigenvalue weighted by Gasteiger charge is 2.18. The normalized spacial score (nSPS) is 14.1. The Bertz CT molecular complexity index is 1190. The van der Waals surface area contributed by atoms with Crippen molar-refractivity contribution in [2.45, 2.75) is 20.4 Å². The van der Waals surface area contributed by atoms with Crippen molar-refractivity contribution >= 4 is 24.5 Å². The molecule has 2 N–H and O–H groups in total. The maximum Gasteiger partial charge on any atom is 0.239 e. The molecule has 1 aromatic carbocycles. The molecule has 0 aliphatic carbocycles. The average Bonchev–Trinajstić information content (AvgIpc) is 2.83. The maximum absolute atomic E-state index is 11.7. The number of piperazine rings is 1. The van der Waals surface area contributed by atoms with Crippen LogP contribution in [0.4, 0.5) is 5.82 Å². The van der Waals surface area contributed by atoms with Crippen LogP contribution in [0.15, 0.2) is 65.7 Å². The van der Waals surface area contributed by atoms with Gasteiger partial charge in [0.05, 0.1) is 6.54 Å². The van der Waals surface area contributed by atoms with E-state index in [4.69, 9.17) is 0 Å². The Kier molecular flexibility index (Phi) is 6.78. The van der Waals surface area contributed by atoms with Crippen molar-refractivity contribution < 1.29 is 4.79 Å². The molecule has 168 valence electrons. The first-order valence-corrected chi connectivity index (χ1v) is 10.9. The summed E-state index contributed by atoms with van der Waals surface area (Å²) in [4.78, 5) is 26.6. The number of amides is 1. The van der Waals surface area contributed by atoms with E-state index in [0.29, 0.717) is 25.5 Å². The molecule has 0 saturated carbocycles. The molecule has 3 heterocycles. The largest absolute Gasteiger partial charge is 0.366 e. The van der Waals surface area contributed by atoms with Gasteiger partial charge in [-0.3, -0.25) is 9.78 Å². The van der Waals surface area contributed by atoms with E-state index in [-0.39, 0.29) is 12.5 Å². The summed E-state index contributed by atoms with van der Waals surface area (Å²) in [7, 11) is 0. The second kappa shape index (κ2) is 10.1. The third-order valence-electron chi connectivity index (χ3n) is 5.70. The van der Waals surface area contributed by atoms with Crippen molar-refractivity contribution in [1.29, 1.82) is 0 Å². The number of aliphatic imine (C=N–C) groups is 1. The Labute approximate surface area is 194 Å². The highest BCUT2D eigenvalue weighted by Crippen LogP contribution is 2.23. The van der Waals surface area contributed by atoms with E-state index in [9.17, 15) is 4.79 Å². The first-order valence-electron chi connectivity index (χ1n) is 10.9. The number of benzene rings is 1. The summed E-state index contributed by atoms with van der Waals surface area (Å²) in [5.41, 5.74) is 6.51. The molecule has 1 aliphatic heterocycles. The first-order chi connectivity index (χ1) is 16.0. The minimum Gasteiger partial charge on any atom is -0.366 e. The van der Waals surface area contributed by atoms with Crippen LogP contribution < -0.4 is 10.6 Å². The second-order valence-corrected chi connectivity index (χ2v) is 8.04. The summed E-state index contributed by atoms with van der Waals surface area (Å²) in [5.74, 6) is 1.50. The lowest BCUT2D eigenvalue weighted by Gasteiger charge is -2.28. The summed E-state index contributed by atoms with van der Waals surface area (Å²) in [6, 6.07) is 14.6. The minimum absolute atomic E-state index is 0.00492. The highest BCUT2D eigenvalue weighted by molar-refractivity contribution is 5.79. The number of pyridine rings is 2. The molecule has 1 amide bonds. The third-order valence-corrected chi connectivity index (χ3v) is 5.70. The zero-order chi connectivity index (χ0) is 23.2. The summed E-state index contributed by atoms with van der Waals surface area (Å²) in [5, 5.41) is 6.27. The number of hydrogen-bond donors (Lipinski definition) is 2. The molecule has 7 heteroatoms. The Morgan fingerprint density at radius 1 is 1.15 bits per heavy atom. The molecule has 7 nitrogen and oxygen atoms in total. The number of carbonyl (C=O) groups is 1. The number of hydrogen-bond acceptors (Lipinski definition) is 6. The van der Waals surface area contributed by atoms with Crippen LogP contribution in [-0.2, 0) is 11.3 Å². The number of anilines is 1. The molecule has 1 fully saturated rings. The molecule has 1 saturated heterocycles. The first kappa shape index (κ1) is 22.2. The quantitative estimate of drug-likeness (QED) is 0.546. The second-order valence-electron chi connectivity index (χ2n) is 8.04. The van der Waals surface area contributed by atoms with Gasteiger partial charge in [0.25, 0.3) is 0 Å². The molecule has 3 aromatic rings. The Morgan fingerprint density at radius 2 is 1.94 bits per heavy atom. The van der Waals surface area contributed by atoms with Crippen molar-refractivity contribution in [3.05, 3.63) is 83.1 Å². The summed E-state index contributed by atoms with van der Waals surface area (Å²) in [6.45, 7) is 9.98. The standard InChI is InChI=1S/C26H28N6O/c1-18-14-23(9-10-28-18)21-6-4-20(5-7-21)16-31-26-19(2)22(8-11-30-26)15-24(27-3)32-13-12-29-25(33)17-32/h4-11,14-15H,3,12-13,16-17H2,1-2H3,(H,29,33)(H,30,31)/b24-15+. The Morgan fingerprint density at radius 3 is 2.67 bits per heavy atom. The monoisotopic (exact) mass is 440 g/mol. The fraction of sp³-hybridized carbons (Fsp3) is 0.231. The van der Waals surface area contributed by atoms with Gasteiger partial charge in [-0.1, -0.05) is 24.3 Å². The van der Waals surface area contributed by atoms with Crippen molar-refractivity contribution in [3.63, 3.8) is 0 Å². The van der Waals surface area contributed by atoms with Gasteiger partial charge in [0.15, 0.2) is 0 Å². The smallest absolute Gasteiger partial charge is 0.239 e. The van der Waals surface area contributed by atoms with E-state index in [1.54, 1.807) is 6.20 Å². The van der Waals surface area contributed by atoms with Crippen LogP contribution in [0.2, 0.25) is 0 Å². The molecule has 0 bridgehead atoms. The van der Waals surface area contributed by atoms with Crippen LogP contribution in [0.25, 0.3) is 17.2 Å². The molecule has 1 aliphatic rings. The van der Waals surface area contributed by atoms with Gasteiger partial charge in [-0.15, -0.1) is 0 Å². The summed E-state index contributed by atoms with van der Waals surface area (Å²) >= 11 is 0. The zero-order valence-electron chi connectivity index (χ0n) is 19.0. The zero-order valence-corrected chi connectivity index (χ0v) is 19.0. The van der Waals surface area contributed by atoms with Gasteiger partial charge >= 0.3 is 0 Å². The number of aromatic nitrogens is 2. The van der Waals surface area contributed by atoms with E-state index in [0.717, 1.165) is 28.2 Å². The number of aryl methyl sites for hydroxylation is 1. The van der Waals surface area contributed by atoms with Crippen LogP contribution in [0, 0.1) is 13.8 Å². The molecule has 0 spiro atoms. The fourth-order valence-electron chi connectivity index (χ4n) is 3.82. The van der Waals surface area contributed by atoms with Crippen LogP contribution in [-0.4, -0.2) is 47.1 Å². The summed E-state index contributed by atoms with van der Waals surface area (Å²) < 4.78 is 0. The number of rotatable bonds is 7. The molecule has 0 atom stereocenters. The van der Waals surface area contributed by atoms with Crippen LogP contribution >= 0.6 is 0 Å². The summed E-state index contributed by atoms with van der Waals surface area (Å²) in [6.07, 6.45) is 5.57. The predicted octanol–water partition coefficient (Wildman–Crippen LogP) is 3.80. The van der Waals surface area contributed by atoms with Gasteiger partial charge in [-0.2, -0.15) is 0 Å². The van der Waals surface area contributed by atoms with E-state index in [1.807, 2.05) is 43.2 Å². The van der Waals surface area contributed by atoms with Crippen molar-refractivity contribution in [3.8, 4) is 11.1 Å². The Hall–Kier alpha value is -4.00. The number of nitrogens with zero attached hydrogens (tertiary/aromatic N) is 4. The van der Waals surface area contributed by atoms with Gasteiger partial charge in [0.1, 0.15) is 11.6 Å². The van der Waals surface area contributed by atoms with E-state index < -0.39 is 0 Å². The lowest BCUT2D eigenvalue weighted by atomic mass is 10.0. The molecule has 0 unspecified atom stereocenters. The highest BCUT2D eigenvalue weighted by atomic mass is 16.2. The molecular weight excluding hydrogens is 412 g/mol. The SMILES string of the molecule is C=N/C(=C\c1ccnc(NCc2ccc(-c3ccnc(C)c3)cc2)c1C)N1CCNC(=O)C1. The van der Waals surface area contributed by atoms with Gasteiger partial charge < -0.3 is 15.5 Å². The Balaban J connectivity index is 1.46. The predicted molar refractivity (Wildman–Crippen MR) is 133 cm³/mol. The fourth-order valence-corrected chi connectivity index (χ4v) is 3.82. The third kappa shape index (κ3) is 5.44. The molecule has 33 heavy (non-hydrogen) atoms. The topological polar surface area (TPSA) is 82.5 Å². The van der Waals surface area contributed by atoms with Crippen LogP contribution in [0.5, 0.6) is 0 Å². The van der Waals surface area contributed by atoms with Gasteiger partial charge in [-0.25, -0.2) is 9.98 Å². The average molecular weight is 441 g/mol. The van der Waals surface area contributed by atoms with E-state index in [1.165, 1.54) is 11.1 Å². The van der Waals surface area contributed by atoms with Crippen LogP contribution in [0.1, 0.15) is 22.4 Å². The lowest BCUT2D eigenvalue weighted by Crippen LogP contribution is -2.46. The van der Waals surface area contributed by atoms with Crippen molar-refractivity contribution in [1.82, 2.24) is 20.2 Å². The van der Waals surface area contributed by atoms with Crippen molar-refractivity contribution in [2.75, 3.05) is 25.0 Å². The molecule has 0 radical (unpaired) electrons. The van der Waals surface area contributed by atoms with E-state index >= 15 is 0 Å². The van der Waals surface area contributed by atoms with Crippen LogP contribution in [0.3, 0.4) is 0 Å². The van der Waals surface area contributed by atoms with Gasteiger partial charge in [0, 0.05) is 37.7 Å². The van der Waals surface area contributed by atoms with Gasteiger partial charge in [0.2, 0.25) is 5.91 Å². The molecule has 2 aromatic heterocycles.